The number of rotatable bonds is 4. The van der Waals surface area contributed by atoms with Crippen LogP contribution in [0.3, 0.4) is 0 Å². The topological polar surface area (TPSA) is 59.8 Å². The molecule has 0 spiro atoms. The summed E-state index contributed by atoms with van der Waals surface area (Å²) < 4.78 is 10.4. The van der Waals surface area contributed by atoms with Gasteiger partial charge in [0.05, 0.1) is 0 Å². The summed E-state index contributed by atoms with van der Waals surface area (Å²) in [7, 11) is 0. The van der Waals surface area contributed by atoms with E-state index in [4.69, 9.17) is 9.15 Å². The number of benzene rings is 1. The molecule has 5 nitrogen and oxygen atoms in total. The molecule has 2 heterocycles. The number of hydrogen-bond acceptors (Lipinski definition) is 4. The zero-order chi connectivity index (χ0) is 17.1. The van der Waals surface area contributed by atoms with E-state index in [1.54, 1.807) is 17.0 Å². The van der Waals surface area contributed by atoms with Gasteiger partial charge in [0.25, 0.3) is 5.91 Å². The molecule has 1 aliphatic rings. The summed E-state index contributed by atoms with van der Waals surface area (Å²) >= 11 is 0. The SMILES string of the molecule is Cc1ccc(/C=C/C(=O)OCC(=O)N2c3ccccc3CC2C)o1. The van der Waals surface area contributed by atoms with E-state index in [1.165, 1.54) is 12.2 Å². The maximum atomic E-state index is 12.4. The standard InChI is InChI=1S/C19H19NO4/c1-13-11-15-5-3-4-6-17(15)20(13)18(21)12-23-19(22)10-9-16-8-7-14(2)24-16/h3-10,13H,11-12H2,1-2H3/b10-9+. The van der Waals surface area contributed by atoms with Crippen LogP contribution in [0.25, 0.3) is 6.08 Å². The van der Waals surface area contributed by atoms with E-state index in [-0.39, 0.29) is 18.6 Å². The second-order valence-corrected chi connectivity index (χ2v) is 5.84. The minimum Gasteiger partial charge on any atom is -0.462 e. The van der Waals surface area contributed by atoms with E-state index in [0.29, 0.717) is 5.76 Å². The molecule has 124 valence electrons. The second-order valence-electron chi connectivity index (χ2n) is 5.84. The summed E-state index contributed by atoms with van der Waals surface area (Å²) in [4.78, 5) is 25.9. The number of esters is 1. The summed E-state index contributed by atoms with van der Waals surface area (Å²) in [6.45, 7) is 3.53. The van der Waals surface area contributed by atoms with E-state index in [1.807, 2.05) is 38.1 Å². The molecular formula is C19H19NO4. The Morgan fingerprint density at radius 3 is 2.83 bits per heavy atom. The van der Waals surface area contributed by atoms with Crippen LogP contribution in [-0.4, -0.2) is 24.5 Å². The Labute approximate surface area is 140 Å². The monoisotopic (exact) mass is 325 g/mol. The highest BCUT2D eigenvalue weighted by Gasteiger charge is 2.30. The summed E-state index contributed by atoms with van der Waals surface area (Å²) in [5.41, 5.74) is 2.03. The van der Waals surface area contributed by atoms with E-state index >= 15 is 0 Å². The molecule has 5 heteroatoms. The first-order chi connectivity index (χ1) is 11.5. The third kappa shape index (κ3) is 3.40. The highest BCUT2D eigenvalue weighted by molar-refractivity contribution is 5.98. The quantitative estimate of drug-likeness (QED) is 0.640. The molecule has 2 aromatic rings. The number of hydrogen-bond donors (Lipinski definition) is 0. The van der Waals surface area contributed by atoms with Gasteiger partial charge in [-0.1, -0.05) is 18.2 Å². The van der Waals surface area contributed by atoms with Crippen molar-refractivity contribution in [1.82, 2.24) is 0 Å². The lowest BCUT2D eigenvalue weighted by molar-refractivity contribution is -0.143. The van der Waals surface area contributed by atoms with E-state index in [0.717, 1.165) is 23.4 Å². The molecule has 1 unspecified atom stereocenters. The van der Waals surface area contributed by atoms with Gasteiger partial charge in [0.1, 0.15) is 11.5 Å². The van der Waals surface area contributed by atoms with Gasteiger partial charge < -0.3 is 14.1 Å². The maximum Gasteiger partial charge on any atom is 0.331 e. The molecule has 0 aliphatic carbocycles. The second kappa shape index (κ2) is 6.74. The molecule has 0 fully saturated rings. The van der Waals surface area contributed by atoms with Crippen molar-refractivity contribution in [3.05, 3.63) is 59.6 Å². The largest absolute Gasteiger partial charge is 0.462 e. The Balaban J connectivity index is 1.57. The first-order valence-electron chi connectivity index (χ1n) is 7.86. The molecule has 0 saturated carbocycles. The highest BCUT2D eigenvalue weighted by Crippen LogP contribution is 2.31. The summed E-state index contributed by atoms with van der Waals surface area (Å²) in [5, 5.41) is 0. The van der Waals surface area contributed by atoms with Crippen LogP contribution in [0, 0.1) is 6.92 Å². The summed E-state index contributed by atoms with van der Waals surface area (Å²) in [5.74, 6) is 0.540. The first kappa shape index (κ1) is 16.1. The highest BCUT2D eigenvalue weighted by atomic mass is 16.5. The Kier molecular flexibility index (Phi) is 4.51. The average Bonchev–Trinajstić information content (AvgIpc) is 3.12. The number of carbonyl (C=O) groups is 2. The molecule has 1 atom stereocenters. The maximum absolute atomic E-state index is 12.4. The number of fused-ring (bicyclic) bond motifs is 1. The number of ether oxygens (including phenoxy) is 1. The van der Waals surface area contributed by atoms with Gasteiger partial charge in [-0.3, -0.25) is 4.79 Å². The first-order valence-corrected chi connectivity index (χ1v) is 7.86. The Hall–Kier alpha value is -2.82. The molecule has 3 rings (SSSR count). The zero-order valence-electron chi connectivity index (χ0n) is 13.7. The molecule has 24 heavy (non-hydrogen) atoms. The van der Waals surface area contributed by atoms with Crippen molar-refractivity contribution in [2.75, 3.05) is 11.5 Å². The molecule has 0 saturated heterocycles. The Morgan fingerprint density at radius 2 is 2.08 bits per heavy atom. The molecule has 0 bridgehead atoms. The minimum absolute atomic E-state index is 0.0650. The van der Waals surface area contributed by atoms with E-state index in [9.17, 15) is 9.59 Å². The van der Waals surface area contributed by atoms with E-state index in [2.05, 4.69) is 0 Å². The molecule has 0 N–H and O–H groups in total. The van der Waals surface area contributed by atoms with Gasteiger partial charge in [0.15, 0.2) is 6.61 Å². The van der Waals surface area contributed by atoms with Crippen LogP contribution >= 0.6 is 0 Å². The fourth-order valence-electron chi connectivity index (χ4n) is 2.89. The average molecular weight is 325 g/mol. The summed E-state index contributed by atoms with van der Waals surface area (Å²) in [6.07, 6.45) is 3.59. The van der Waals surface area contributed by atoms with Crippen molar-refractivity contribution in [1.29, 1.82) is 0 Å². The molecule has 1 amide bonds. The number of anilines is 1. The molecule has 1 aromatic heterocycles. The van der Waals surface area contributed by atoms with Gasteiger partial charge in [-0.05, 0) is 50.1 Å². The summed E-state index contributed by atoms with van der Waals surface area (Å²) in [6, 6.07) is 11.4. The van der Waals surface area contributed by atoms with Gasteiger partial charge in [-0.15, -0.1) is 0 Å². The van der Waals surface area contributed by atoms with Crippen molar-refractivity contribution in [2.24, 2.45) is 0 Å². The third-order valence-corrected chi connectivity index (χ3v) is 3.96. The van der Waals surface area contributed by atoms with Gasteiger partial charge in [0, 0.05) is 17.8 Å². The lowest BCUT2D eigenvalue weighted by Crippen LogP contribution is -2.38. The van der Waals surface area contributed by atoms with Crippen molar-refractivity contribution in [2.45, 2.75) is 26.3 Å². The van der Waals surface area contributed by atoms with Crippen LogP contribution in [0.15, 0.2) is 46.9 Å². The van der Waals surface area contributed by atoms with Gasteiger partial charge in [0.2, 0.25) is 0 Å². The van der Waals surface area contributed by atoms with Gasteiger partial charge in [-0.2, -0.15) is 0 Å². The van der Waals surface area contributed by atoms with Crippen LogP contribution in [0.1, 0.15) is 24.0 Å². The normalized spacial score (nSPS) is 16.4. The number of carbonyl (C=O) groups excluding carboxylic acids is 2. The fourth-order valence-corrected chi connectivity index (χ4v) is 2.89. The fraction of sp³-hybridized carbons (Fsp3) is 0.263. The van der Waals surface area contributed by atoms with Crippen LogP contribution in [-0.2, 0) is 20.7 Å². The van der Waals surface area contributed by atoms with Crippen LogP contribution in [0.4, 0.5) is 5.69 Å². The van der Waals surface area contributed by atoms with E-state index < -0.39 is 5.97 Å². The van der Waals surface area contributed by atoms with Gasteiger partial charge >= 0.3 is 5.97 Å². The number of amides is 1. The molecule has 1 aromatic carbocycles. The minimum atomic E-state index is -0.572. The van der Waals surface area contributed by atoms with Crippen LogP contribution in [0.2, 0.25) is 0 Å². The lowest BCUT2D eigenvalue weighted by Gasteiger charge is -2.22. The number of para-hydroxylation sites is 1. The predicted molar refractivity (Wildman–Crippen MR) is 90.5 cm³/mol. The van der Waals surface area contributed by atoms with Crippen molar-refractivity contribution >= 4 is 23.6 Å². The molecule has 1 aliphatic heterocycles. The number of nitrogens with zero attached hydrogens (tertiary/aromatic N) is 1. The van der Waals surface area contributed by atoms with Crippen molar-refractivity contribution < 1.29 is 18.7 Å². The van der Waals surface area contributed by atoms with Crippen LogP contribution in [0.5, 0.6) is 0 Å². The van der Waals surface area contributed by atoms with Gasteiger partial charge in [-0.25, -0.2) is 4.79 Å². The lowest BCUT2D eigenvalue weighted by atomic mass is 10.1. The number of aryl methyl sites for hydroxylation is 1. The van der Waals surface area contributed by atoms with Crippen molar-refractivity contribution in [3.8, 4) is 0 Å². The molecule has 0 radical (unpaired) electrons. The van der Waals surface area contributed by atoms with Crippen molar-refractivity contribution in [3.63, 3.8) is 0 Å². The Bertz CT molecular complexity index is 790. The predicted octanol–water partition coefficient (Wildman–Crippen LogP) is 3.12. The zero-order valence-corrected chi connectivity index (χ0v) is 13.7. The molecular weight excluding hydrogens is 306 g/mol. The van der Waals surface area contributed by atoms with Crippen LogP contribution < -0.4 is 4.90 Å². The Morgan fingerprint density at radius 1 is 1.29 bits per heavy atom. The number of furan rings is 1. The third-order valence-electron chi connectivity index (χ3n) is 3.96. The smallest absolute Gasteiger partial charge is 0.331 e.